The third-order valence-corrected chi connectivity index (χ3v) is 6.78. The highest BCUT2D eigenvalue weighted by Crippen LogP contribution is 2.37. The van der Waals surface area contributed by atoms with Gasteiger partial charge in [-0.3, -0.25) is 0 Å². The van der Waals surface area contributed by atoms with E-state index in [0.29, 0.717) is 41.0 Å². The Morgan fingerprint density at radius 2 is 1.81 bits per heavy atom. The van der Waals surface area contributed by atoms with Crippen molar-refractivity contribution >= 4 is 28.4 Å². The van der Waals surface area contributed by atoms with Crippen molar-refractivity contribution < 1.29 is 20.1 Å². The van der Waals surface area contributed by atoms with Crippen LogP contribution < -0.4 is 15.4 Å². The maximum absolute atomic E-state index is 10.8. The number of methoxy groups -OCH3 is 1. The summed E-state index contributed by atoms with van der Waals surface area (Å²) in [6, 6.07) is 14.6. The number of hydrogen-bond donors (Lipinski definition) is 5. The number of aliphatic hydroxyl groups excluding tert-OH is 2. The molecule has 4 aromatic rings. The number of nitrogens with zero attached hydrogens (tertiary/aromatic N) is 4. The van der Waals surface area contributed by atoms with Gasteiger partial charge in [0.15, 0.2) is 0 Å². The molecule has 3 heterocycles. The Labute approximate surface area is 214 Å². The van der Waals surface area contributed by atoms with Gasteiger partial charge in [0.25, 0.3) is 0 Å². The molecule has 0 amide bonds. The van der Waals surface area contributed by atoms with Crippen molar-refractivity contribution in [3.05, 3.63) is 60.9 Å². The highest BCUT2D eigenvalue weighted by Gasteiger charge is 2.47. The summed E-state index contributed by atoms with van der Waals surface area (Å²) in [5.74, 6) is 0.688. The van der Waals surface area contributed by atoms with Crippen molar-refractivity contribution in [3.8, 4) is 17.1 Å². The van der Waals surface area contributed by atoms with Crippen LogP contribution in [0.5, 0.6) is 5.88 Å². The zero-order valence-corrected chi connectivity index (χ0v) is 20.8. The van der Waals surface area contributed by atoms with Gasteiger partial charge in [0.1, 0.15) is 11.9 Å². The van der Waals surface area contributed by atoms with Crippen molar-refractivity contribution in [2.24, 2.45) is 5.92 Å². The molecule has 1 saturated carbocycles. The van der Waals surface area contributed by atoms with Crippen LogP contribution in [0.2, 0.25) is 0 Å². The van der Waals surface area contributed by atoms with Crippen molar-refractivity contribution in [1.29, 1.82) is 0 Å². The van der Waals surface area contributed by atoms with E-state index in [1.54, 1.807) is 38.4 Å². The standard InChI is InChI=1S/C27H30N6O4/c1-27(2,36)18-13-21(24(35)23(18)34)32-25-17(20-9-8-15-6-4-5-7-19(15)31-20)14-29-26(33-25)30-16-10-11-28-22(12-16)37-3/h4-12,14,18,21,23-24,34-36H,13H2,1-3H3,(H2,28,29,30,32,33). The quantitative estimate of drug-likeness (QED) is 0.255. The zero-order chi connectivity index (χ0) is 26.2. The number of ether oxygens (including phenoxy) is 1. The van der Waals surface area contributed by atoms with E-state index in [-0.39, 0.29) is 0 Å². The second-order valence-electron chi connectivity index (χ2n) is 9.78. The first-order valence-corrected chi connectivity index (χ1v) is 12.1. The summed E-state index contributed by atoms with van der Waals surface area (Å²) in [5.41, 5.74) is 1.66. The van der Waals surface area contributed by atoms with Crippen molar-refractivity contribution in [1.82, 2.24) is 19.9 Å². The van der Waals surface area contributed by atoms with E-state index >= 15 is 0 Å². The number of benzene rings is 1. The van der Waals surface area contributed by atoms with Gasteiger partial charge in [-0.1, -0.05) is 24.3 Å². The van der Waals surface area contributed by atoms with Gasteiger partial charge in [0.05, 0.1) is 41.6 Å². The fourth-order valence-electron chi connectivity index (χ4n) is 4.74. The Bertz CT molecular complexity index is 1410. The molecule has 1 aromatic carbocycles. The van der Waals surface area contributed by atoms with Gasteiger partial charge in [-0.15, -0.1) is 0 Å². The maximum atomic E-state index is 10.8. The molecule has 4 unspecified atom stereocenters. The molecule has 37 heavy (non-hydrogen) atoms. The monoisotopic (exact) mass is 502 g/mol. The van der Waals surface area contributed by atoms with E-state index in [9.17, 15) is 15.3 Å². The summed E-state index contributed by atoms with van der Waals surface area (Å²) < 4.78 is 5.19. The van der Waals surface area contributed by atoms with Crippen LogP contribution >= 0.6 is 0 Å². The molecule has 1 aliphatic carbocycles. The van der Waals surface area contributed by atoms with E-state index in [2.05, 4.69) is 20.6 Å². The van der Waals surface area contributed by atoms with E-state index in [1.807, 2.05) is 36.4 Å². The first-order chi connectivity index (χ1) is 17.7. The Morgan fingerprint density at radius 1 is 1.00 bits per heavy atom. The highest BCUT2D eigenvalue weighted by molar-refractivity contribution is 5.83. The average Bonchev–Trinajstić information content (AvgIpc) is 3.17. The van der Waals surface area contributed by atoms with Gasteiger partial charge >= 0.3 is 0 Å². The Hall–Kier alpha value is -3.86. The summed E-state index contributed by atoms with van der Waals surface area (Å²) >= 11 is 0. The smallest absolute Gasteiger partial charge is 0.229 e. The summed E-state index contributed by atoms with van der Waals surface area (Å²) in [7, 11) is 1.54. The topological polar surface area (TPSA) is 146 Å². The summed E-state index contributed by atoms with van der Waals surface area (Å²) in [5, 5.41) is 39.4. The normalized spacial score (nSPS) is 21.7. The lowest BCUT2D eigenvalue weighted by Crippen LogP contribution is -2.40. The fourth-order valence-corrected chi connectivity index (χ4v) is 4.74. The Morgan fingerprint density at radius 3 is 2.57 bits per heavy atom. The second-order valence-corrected chi connectivity index (χ2v) is 9.78. The molecule has 4 atom stereocenters. The van der Waals surface area contributed by atoms with E-state index in [1.165, 1.54) is 7.11 Å². The van der Waals surface area contributed by atoms with Gasteiger partial charge in [-0.05, 0) is 38.5 Å². The largest absolute Gasteiger partial charge is 0.481 e. The summed E-state index contributed by atoms with van der Waals surface area (Å²) in [6.45, 7) is 3.27. The number of hydrogen-bond acceptors (Lipinski definition) is 10. The Balaban J connectivity index is 1.52. The zero-order valence-electron chi connectivity index (χ0n) is 20.8. The minimum absolute atomic E-state index is 0.312. The highest BCUT2D eigenvalue weighted by atomic mass is 16.5. The van der Waals surface area contributed by atoms with Crippen LogP contribution in [0.3, 0.4) is 0 Å². The van der Waals surface area contributed by atoms with Crippen LogP contribution in [0, 0.1) is 5.92 Å². The molecule has 10 heteroatoms. The third-order valence-electron chi connectivity index (χ3n) is 6.78. The van der Waals surface area contributed by atoms with Crippen molar-refractivity contribution in [3.63, 3.8) is 0 Å². The predicted molar refractivity (Wildman–Crippen MR) is 141 cm³/mol. The Kier molecular flexibility index (Phi) is 6.63. The SMILES string of the molecule is COc1cc(Nc2ncc(-c3ccc4ccccc4n3)c(NC3CC(C(C)(C)O)C(O)C3O)n2)ccn1. The minimum atomic E-state index is -1.15. The van der Waals surface area contributed by atoms with Gasteiger partial charge in [0, 0.05) is 35.5 Å². The molecule has 5 N–H and O–H groups in total. The first-order valence-electron chi connectivity index (χ1n) is 12.1. The van der Waals surface area contributed by atoms with Crippen LogP contribution in [0.4, 0.5) is 17.5 Å². The molecule has 1 aliphatic rings. The van der Waals surface area contributed by atoms with Crippen LogP contribution in [0.1, 0.15) is 20.3 Å². The number of fused-ring (bicyclic) bond motifs is 1. The molecule has 10 nitrogen and oxygen atoms in total. The molecule has 0 spiro atoms. The number of aromatic nitrogens is 4. The van der Waals surface area contributed by atoms with Gasteiger partial charge in [0.2, 0.25) is 11.8 Å². The number of rotatable bonds is 7. The van der Waals surface area contributed by atoms with E-state index in [0.717, 1.165) is 10.9 Å². The molecule has 1 fully saturated rings. The summed E-state index contributed by atoms with van der Waals surface area (Å²) in [4.78, 5) is 18.1. The summed E-state index contributed by atoms with van der Waals surface area (Å²) in [6.07, 6.45) is 1.46. The van der Waals surface area contributed by atoms with Gasteiger partial charge < -0.3 is 30.7 Å². The third kappa shape index (κ3) is 5.17. The number of aliphatic hydroxyl groups is 3. The average molecular weight is 503 g/mol. The lowest BCUT2D eigenvalue weighted by Gasteiger charge is -2.28. The molecule has 0 aliphatic heterocycles. The number of nitrogens with one attached hydrogen (secondary N) is 2. The van der Waals surface area contributed by atoms with Crippen LogP contribution in [-0.4, -0.2) is 66.2 Å². The molecule has 3 aromatic heterocycles. The van der Waals surface area contributed by atoms with Crippen LogP contribution in [-0.2, 0) is 0 Å². The number of para-hydroxylation sites is 1. The second kappa shape index (κ2) is 9.89. The number of anilines is 3. The van der Waals surface area contributed by atoms with Crippen molar-refractivity contribution in [2.75, 3.05) is 17.7 Å². The molecule has 5 rings (SSSR count). The number of pyridine rings is 2. The van der Waals surface area contributed by atoms with E-state index in [4.69, 9.17) is 14.7 Å². The lowest BCUT2D eigenvalue weighted by molar-refractivity contribution is -0.0601. The van der Waals surface area contributed by atoms with Crippen molar-refractivity contribution in [2.45, 2.75) is 44.1 Å². The van der Waals surface area contributed by atoms with Gasteiger partial charge in [-0.2, -0.15) is 4.98 Å². The molecule has 0 bridgehead atoms. The van der Waals surface area contributed by atoms with E-state index < -0.39 is 29.8 Å². The molecule has 0 saturated heterocycles. The van der Waals surface area contributed by atoms with Gasteiger partial charge in [-0.25, -0.2) is 15.0 Å². The fraction of sp³-hybridized carbons (Fsp3) is 0.333. The van der Waals surface area contributed by atoms with Crippen LogP contribution in [0.25, 0.3) is 22.2 Å². The minimum Gasteiger partial charge on any atom is -0.481 e. The predicted octanol–water partition coefficient (Wildman–Crippen LogP) is 3.13. The molecule has 0 radical (unpaired) electrons. The van der Waals surface area contributed by atoms with Crippen LogP contribution in [0.15, 0.2) is 60.9 Å². The first kappa shape index (κ1) is 24.8. The molecule has 192 valence electrons. The molecular weight excluding hydrogens is 472 g/mol. The molecular formula is C27H30N6O4. The lowest BCUT2D eigenvalue weighted by atomic mass is 9.88. The maximum Gasteiger partial charge on any atom is 0.229 e.